The predicted molar refractivity (Wildman–Crippen MR) is 107 cm³/mol. The monoisotopic (exact) mass is 351 g/mol. The van der Waals surface area contributed by atoms with Crippen molar-refractivity contribution in [3.05, 3.63) is 65.7 Å². The van der Waals surface area contributed by atoms with Crippen molar-refractivity contribution in [3.63, 3.8) is 0 Å². The Kier molecular flexibility index (Phi) is 5.44. The van der Waals surface area contributed by atoms with Crippen molar-refractivity contribution in [1.29, 1.82) is 0 Å². The van der Waals surface area contributed by atoms with Gasteiger partial charge in [0, 0.05) is 14.1 Å². The van der Waals surface area contributed by atoms with Crippen molar-refractivity contribution in [2.45, 2.75) is 25.7 Å². The van der Waals surface area contributed by atoms with Crippen LogP contribution in [-0.2, 0) is 10.2 Å². The SMILES string of the molecule is CCN(CC)CC[C@@]1(c2ccccc2)C(=O)N(N(C)C)c2ccccc21. The third-order valence-electron chi connectivity index (χ3n) is 5.51. The van der Waals surface area contributed by atoms with Crippen LogP contribution in [0.4, 0.5) is 5.69 Å². The second-order valence-electron chi connectivity index (χ2n) is 7.03. The van der Waals surface area contributed by atoms with Gasteiger partial charge in [-0.2, -0.15) is 0 Å². The van der Waals surface area contributed by atoms with Gasteiger partial charge in [0.05, 0.1) is 5.69 Å². The summed E-state index contributed by atoms with van der Waals surface area (Å²) in [5, 5.41) is 3.72. The highest BCUT2D eigenvalue weighted by Gasteiger charge is 2.52. The molecule has 1 atom stereocenters. The molecule has 0 saturated heterocycles. The fourth-order valence-corrected chi connectivity index (χ4v) is 4.07. The summed E-state index contributed by atoms with van der Waals surface area (Å²) in [6.45, 7) is 7.23. The molecule has 0 N–H and O–H groups in total. The molecule has 26 heavy (non-hydrogen) atoms. The maximum Gasteiger partial charge on any atom is 0.256 e. The second kappa shape index (κ2) is 7.60. The first-order chi connectivity index (χ1) is 12.6. The van der Waals surface area contributed by atoms with Crippen LogP contribution >= 0.6 is 0 Å². The van der Waals surface area contributed by atoms with Crippen LogP contribution in [0.1, 0.15) is 31.4 Å². The highest BCUT2D eigenvalue weighted by molar-refractivity contribution is 6.09. The first-order valence-corrected chi connectivity index (χ1v) is 9.45. The Balaban J connectivity index is 2.16. The van der Waals surface area contributed by atoms with E-state index in [4.69, 9.17) is 0 Å². The van der Waals surface area contributed by atoms with E-state index in [0.29, 0.717) is 0 Å². The van der Waals surface area contributed by atoms with Crippen molar-refractivity contribution in [2.24, 2.45) is 0 Å². The molecule has 2 aromatic rings. The van der Waals surface area contributed by atoms with Gasteiger partial charge in [-0.15, -0.1) is 0 Å². The van der Waals surface area contributed by atoms with Crippen LogP contribution < -0.4 is 5.01 Å². The maximum absolute atomic E-state index is 13.8. The van der Waals surface area contributed by atoms with E-state index in [-0.39, 0.29) is 5.91 Å². The van der Waals surface area contributed by atoms with E-state index in [1.54, 1.807) is 0 Å². The molecular weight excluding hydrogens is 322 g/mol. The Morgan fingerprint density at radius 2 is 1.54 bits per heavy atom. The predicted octanol–water partition coefficient (Wildman–Crippen LogP) is 3.53. The van der Waals surface area contributed by atoms with Crippen molar-refractivity contribution in [3.8, 4) is 0 Å². The summed E-state index contributed by atoms with van der Waals surface area (Å²) in [4.78, 5) is 16.2. The van der Waals surface area contributed by atoms with Crippen LogP contribution in [0.5, 0.6) is 0 Å². The summed E-state index contributed by atoms with van der Waals surface area (Å²) in [5.74, 6) is 0.141. The van der Waals surface area contributed by atoms with Gasteiger partial charge in [0.2, 0.25) is 0 Å². The molecule has 138 valence electrons. The van der Waals surface area contributed by atoms with E-state index >= 15 is 0 Å². The zero-order valence-electron chi connectivity index (χ0n) is 16.3. The Labute approximate surface area is 157 Å². The molecule has 0 radical (unpaired) electrons. The van der Waals surface area contributed by atoms with E-state index < -0.39 is 5.41 Å². The topological polar surface area (TPSA) is 26.8 Å². The van der Waals surface area contributed by atoms with Crippen molar-refractivity contribution >= 4 is 11.6 Å². The minimum atomic E-state index is -0.634. The Hall–Kier alpha value is -2.17. The Morgan fingerprint density at radius 1 is 0.923 bits per heavy atom. The molecular formula is C22H29N3O. The minimum Gasteiger partial charge on any atom is -0.304 e. The Bertz CT molecular complexity index is 755. The summed E-state index contributed by atoms with van der Waals surface area (Å²) >= 11 is 0. The van der Waals surface area contributed by atoms with Gasteiger partial charge in [0.1, 0.15) is 5.41 Å². The first-order valence-electron chi connectivity index (χ1n) is 9.45. The largest absolute Gasteiger partial charge is 0.304 e. The van der Waals surface area contributed by atoms with Gasteiger partial charge < -0.3 is 4.90 Å². The lowest BCUT2D eigenvalue weighted by Gasteiger charge is -2.33. The summed E-state index contributed by atoms with van der Waals surface area (Å²) < 4.78 is 0. The normalized spacial score (nSPS) is 19.5. The molecule has 0 fully saturated rings. The molecule has 2 aromatic carbocycles. The zero-order chi connectivity index (χ0) is 18.7. The third-order valence-corrected chi connectivity index (χ3v) is 5.51. The molecule has 1 aliphatic heterocycles. The number of rotatable bonds is 7. The number of nitrogens with zero attached hydrogens (tertiary/aromatic N) is 3. The molecule has 4 nitrogen and oxygen atoms in total. The summed E-state index contributed by atoms with van der Waals surface area (Å²) in [6.07, 6.45) is 0.777. The van der Waals surface area contributed by atoms with Gasteiger partial charge in [-0.1, -0.05) is 62.4 Å². The quantitative estimate of drug-likeness (QED) is 0.763. The number of anilines is 1. The van der Waals surface area contributed by atoms with Gasteiger partial charge in [-0.3, -0.25) is 4.79 Å². The first kappa shape index (κ1) is 18.6. The van der Waals surface area contributed by atoms with E-state index in [0.717, 1.165) is 42.9 Å². The van der Waals surface area contributed by atoms with Crippen LogP contribution in [0.25, 0.3) is 0 Å². The highest BCUT2D eigenvalue weighted by atomic mass is 16.2. The lowest BCUT2D eigenvalue weighted by Crippen LogP contribution is -2.48. The fourth-order valence-electron chi connectivity index (χ4n) is 4.07. The number of fused-ring (bicyclic) bond motifs is 1. The van der Waals surface area contributed by atoms with Crippen molar-refractivity contribution in [2.75, 3.05) is 38.7 Å². The fraction of sp³-hybridized carbons (Fsp3) is 0.409. The lowest BCUT2D eigenvalue weighted by atomic mass is 9.72. The van der Waals surface area contributed by atoms with Crippen molar-refractivity contribution < 1.29 is 4.79 Å². The van der Waals surface area contributed by atoms with Gasteiger partial charge in [-0.25, -0.2) is 10.0 Å². The van der Waals surface area contributed by atoms with Gasteiger partial charge >= 0.3 is 0 Å². The molecule has 0 unspecified atom stereocenters. The molecule has 4 heteroatoms. The molecule has 1 aliphatic rings. The standard InChI is InChI=1S/C22H29N3O/c1-5-24(6-2)17-16-22(18-12-8-7-9-13-18)19-14-10-11-15-20(19)25(21(22)26)23(3)4/h7-15H,5-6,16-17H2,1-4H3/t22-/m0/s1. The molecule has 1 heterocycles. The van der Waals surface area contributed by atoms with E-state index in [9.17, 15) is 4.79 Å². The van der Waals surface area contributed by atoms with Gasteiger partial charge in [-0.05, 0) is 43.2 Å². The van der Waals surface area contributed by atoms with Crippen LogP contribution in [0.3, 0.4) is 0 Å². The number of carbonyl (C=O) groups excluding carboxylic acids is 1. The van der Waals surface area contributed by atoms with E-state index in [2.05, 4.69) is 43.0 Å². The summed E-state index contributed by atoms with van der Waals surface area (Å²) in [6, 6.07) is 18.5. The average molecular weight is 351 g/mol. The number of hydrogen-bond donors (Lipinski definition) is 0. The maximum atomic E-state index is 13.8. The summed E-state index contributed by atoms with van der Waals surface area (Å²) in [5.41, 5.74) is 2.54. The third kappa shape index (κ3) is 2.93. The molecule has 0 spiro atoms. The van der Waals surface area contributed by atoms with Crippen LogP contribution in [0.2, 0.25) is 0 Å². The number of hydrogen-bond acceptors (Lipinski definition) is 3. The number of para-hydroxylation sites is 1. The molecule has 0 aromatic heterocycles. The molecule has 1 amide bonds. The molecule has 0 bridgehead atoms. The molecule has 0 saturated carbocycles. The van der Waals surface area contributed by atoms with Gasteiger partial charge in [0.15, 0.2) is 0 Å². The lowest BCUT2D eigenvalue weighted by molar-refractivity contribution is -0.124. The number of carbonyl (C=O) groups is 1. The average Bonchev–Trinajstić information content (AvgIpc) is 2.92. The number of amides is 1. The highest BCUT2D eigenvalue weighted by Crippen LogP contribution is 2.48. The number of benzene rings is 2. The van der Waals surface area contributed by atoms with E-state index in [1.807, 2.05) is 54.4 Å². The number of hydrazine groups is 1. The second-order valence-corrected chi connectivity index (χ2v) is 7.03. The zero-order valence-corrected chi connectivity index (χ0v) is 16.3. The van der Waals surface area contributed by atoms with Crippen LogP contribution in [0, 0.1) is 0 Å². The Morgan fingerprint density at radius 3 is 2.15 bits per heavy atom. The van der Waals surface area contributed by atoms with Gasteiger partial charge in [0.25, 0.3) is 5.91 Å². The molecule has 3 rings (SSSR count). The van der Waals surface area contributed by atoms with Crippen molar-refractivity contribution in [1.82, 2.24) is 9.91 Å². The van der Waals surface area contributed by atoms with Crippen LogP contribution in [-0.4, -0.2) is 49.5 Å². The minimum absolute atomic E-state index is 0.141. The van der Waals surface area contributed by atoms with Crippen LogP contribution in [0.15, 0.2) is 54.6 Å². The smallest absolute Gasteiger partial charge is 0.256 e. The molecule has 0 aliphatic carbocycles. The summed E-state index contributed by atoms with van der Waals surface area (Å²) in [7, 11) is 3.86. The van der Waals surface area contributed by atoms with E-state index in [1.165, 1.54) is 0 Å².